The summed E-state index contributed by atoms with van der Waals surface area (Å²) in [5.41, 5.74) is 0.831. The maximum absolute atomic E-state index is 11.9. The molecular weight excluding hydrogens is 282 g/mol. The summed E-state index contributed by atoms with van der Waals surface area (Å²) >= 11 is 1.44. The molecule has 1 N–H and O–H groups in total. The molecule has 1 aromatic heterocycles. The fourth-order valence-corrected chi connectivity index (χ4v) is 3.13. The first kappa shape index (κ1) is 12.6. The summed E-state index contributed by atoms with van der Waals surface area (Å²) in [5, 5.41) is 16.8. The zero-order chi connectivity index (χ0) is 14.1. The molecule has 1 unspecified atom stereocenters. The molecule has 1 aromatic carbocycles. The van der Waals surface area contributed by atoms with Crippen LogP contribution in [0.4, 0.5) is 11.6 Å². The number of hydrogen-bond donors (Lipinski definition) is 1. The summed E-state index contributed by atoms with van der Waals surface area (Å²) in [7, 11) is 0. The predicted molar refractivity (Wildman–Crippen MR) is 72.2 cm³/mol. The molecule has 102 valence electrons. The summed E-state index contributed by atoms with van der Waals surface area (Å²) < 4.78 is 0. The van der Waals surface area contributed by atoms with Crippen molar-refractivity contribution in [2.24, 2.45) is 0 Å². The lowest BCUT2D eigenvalue weighted by Gasteiger charge is -2.20. The van der Waals surface area contributed by atoms with E-state index in [0.29, 0.717) is 11.7 Å². The molecule has 0 aliphatic carbocycles. The summed E-state index contributed by atoms with van der Waals surface area (Å²) in [6.45, 7) is 0. The third kappa shape index (κ3) is 2.11. The number of hydrogen-bond acceptors (Lipinski definition) is 6. The van der Waals surface area contributed by atoms with Crippen molar-refractivity contribution in [2.75, 3.05) is 10.7 Å². The normalized spacial score (nSPS) is 18.5. The van der Waals surface area contributed by atoms with E-state index in [-0.39, 0.29) is 17.0 Å². The maximum Gasteiger partial charge on any atom is 0.269 e. The van der Waals surface area contributed by atoms with Gasteiger partial charge in [-0.05, 0) is 17.7 Å². The molecule has 9 heteroatoms. The van der Waals surface area contributed by atoms with Crippen molar-refractivity contribution in [1.82, 2.24) is 15.2 Å². The third-order valence-corrected chi connectivity index (χ3v) is 4.10. The number of H-pyrrole nitrogens is 1. The number of anilines is 1. The van der Waals surface area contributed by atoms with Gasteiger partial charge in [0.1, 0.15) is 11.7 Å². The molecular formula is C11H9N5O3S. The van der Waals surface area contributed by atoms with Crippen molar-refractivity contribution < 1.29 is 9.72 Å². The van der Waals surface area contributed by atoms with Crippen LogP contribution in [0.5, 0.6) is 0 Å². The fourth-order valence-electron chi connectivity index (χ4n) is 1.98. The van der Waals surface area contributed by atoms with E-state index in [1.807, 2.05) is 0 Å². The van der Waals surface area contributed by atoms with E-state index in [9.17, 15) is 14.9 Å². The molecule has 2 aromatic rings. The minimum absolute atomic E-state index is 0.0225. The molecule has 1 aliphatic heterocycles. The molecule has 0 radical (unpaired) electrons. The zero-order valence-corrected chi connectivity index (χ0v) is 10.9. The van der Waals surface area contributed by atoms with Gasteiger partial charge in [-0.2, -0.15) is 10.1 Å². The quantitative estimate of drug-likeness (QED) is 0.678. The molecule has 20 heavy (non-hydrogen) atoms. The maximum atomic E-state index is 11.9. The van der Waals surface area contributed by atoms with E-state index in [4.69, 9.17) is 0 Å². The predicted octanol–water partition coefficient (Wildman–Crippen LogP) is 1.49. The van der Waals surface area contributed by atoms with Crippen LogP contribution in [0.2, 0.25) is 0 Å². The Kier molecular flexibility index (Phi) is 3.11. The van der Waals surface area contributed by atoms with Gasteiger partial charge in [0.15, 0.2) is 0 Å². The zero-order valence-electron chi connectivity index (χ0n) is 10.1. The van der Waals surface area contributed by atoms with Crippen LogP contribution < -0.4 is 4.90 Å². The van der Waals surface area contributed by atoms with Gasteiger partial charge >= 0.3 is 0 Å². The van der Waals surface area contributed by atoms with E-state index in [2.05, 4.69) is 15.2 Å². The number of carbonyl (C=O) groups excluding carboxylic acids is 1. The second-order valence-electron chi connectivity index (χ2n) is 4.08. The standard InChI is InChI=1S/C11H9N5O3S/c17-9-5-20-10(15(9)11-12-6-13-14-11)7-1-3-8(4-2-7)16(18)19/h1-4,6,10H,5H2,(H,12,13,14). The molecule has 1 amide bonds. The Morgan fingerprint density at radius 3 is 2.75 bits per heavy atom. The first-order chi connectivity index (χ1) is 9.66. The average molecular weight is 291 g/mol. The Hall–Kier alpha value is -2.42. The minimum atomic E-state index is -0.453. The number of nitro benzene ring substituents is 1. The molecule has 1 fully saturated rings. The number of nitro groups is 1. The van der Waals surface area contributed by atoms with Crippen LogP contribution in [-0.4, -0.2) is 31.8 Å². The van der Waals surface area contributed by atoms with E-state index in [1.165, 1.54) is 35.1 Å². The Balaban J connectivity index is 1.92. The lowest BCUT2D eigenvalue weighted by molar-refractivity contribution is -0.384. The molecule has 2 heterocycles. The number of nitrogens with zero attached hydrogens (tertiary/aromatic N) is 4. The summed E-state index contributed by atoms with van der Waals surface area (Å²) in [6, 6.07) is 6.16. The third-order valence-electron chi connectivity index (χ3n) is 2.89. The highest BCUT2D eigenvalue weighted by molar-refractivity contribution is 8.00. The van der Waals surface area contributed by atoms with Crippen LogP contribution in [0, 0.1) is 10.1 Å². The fraction of sp³-hybridized carbons (Fsp3) is 0.182. The number of rotatable bonds is 3. The van der Waals surface area contributed by atoms with Gasteiger partial charge in [0.2, 0.25) is 11.9 Å². The first-order valence-electron chi connectivity index (χ1n) is 5.70. The molecule has 1 aliphatic rings. The highest BCUT2D eigenvalue weighted by Crippen LogP contribution is 2.40. The Bertz CT molecular complexity index is 643. The smallest absolute Gasteiger partial charge is 0.269 e. The van der Waals surface area contributed by atoms with Crippen LogP contribution in [0.15, 0.2) is 30.6 Å². The minimum Gasteiger partial charge on any atom is -0.273 e. The topological polar surface area (TPSA) is 105 Å². The van der Waals surface area contributed by atoms with Crippen molar-refractivity contribution in [2.45, 2.75) is 5.37 Å². The number of carbonyl (C=O) groups is 1. The monoisotopic (exact) mass is 291 g/mol. The summed E-state index contributed by atoms with van der Waals surface area (Å²) in [5.74, 6) is 0.640. The van der Waals surface area contributed by atoms with Crippen molar-refractivity contribution in [1.29, 1.82) is 0 Å². The van der Waals surface area contributed by atoms with E-state index in [0.717, 1.165) is 5.56 Å². The van der Waals surface area contributed by atoms with Gasteiger partial charge in [0.25, 0.3) is 5.69 Å². The highest BCUT2D eigenvalue weighted by Gasteiger charge is 2.35. The lowest BCUT2D eigenvalue weighted by atomic mass is 10.2. The van der Waals surface area contributed by atoms with Crippen LogP contribution in [0.1, 0.15) is 10.9 Å². The number of benzene rings is 1. The van der Waals surface area contributed by atoms with E-state index < -0.39 is 4.92 Å². The van der Waals surface area contributed by atoms with Crippen LogP contribution in [0.3, 0.4) is 0 Å². The molecule has 0 bridgehead atoms. The van der Waals surface area contributed by atoms with E-state index >= 15 is 0 Å². The second-order valence-corrected chi connectivity index (χ2v) is 5.15. The van der Waals surface area contributed by atoms with Gasteiger partial charge in [-0.1, -0.05) is 0 Å². The largest absolute Gasteiger partial charge is 0.273 e. The summed E-state index contributed by atoms with van der Waals surface area (Å²) in [4.78, 5) is 27.6. The van der Waals surface area contributed by atoms with Crippen LogP contribution >= 0.6 is 11.8 Å². The van der Waals surface area contributed by atoms with Gasteiger partial charge in [-0.25, -0.2) is 5.10 Å². The number of aromatic nitrogens is 3. The number of non-ortho nitro benzene ring substituents is 1. The molecule has 3 rings (SSSR count). The van der Waals surface area contributed by atoms with Crippen molar-refractivity contribution in [3.63, 3.8) is 0 Å². The van der Waals surface area contributed by atoms with Gasteiger partial charge in [0.05, 0.1) is 10.7 Å². The van der Waals surface area contributed by atoms with Gasteiger partial charge in [0, 0.05) is 12.1 Å². The van der Waals surface area contributed by atoms with Crippen molar-refractivity contribution in [3.05, 3.63) is 46.3 Å². The Morgan fingerprint density at radius 1 is 1.40 bits per heavy atom. The van der Waals surface area contributed by atoms with Gasteiger partial charge < -0.3 is 0 Å². The van der Waals surface area contributed by atoms with Gasteiger partial charge in [-0.15, -0.1) is 11.8 Å². The Morgan fingerprint density at radius 2 is 2.15 bits per heavy atom. The van der Waals surface area contributed by atoms with Crippen molar-refractivity contribution in [3.8, 4) is 0 Å². The van der Waals surface area contributed by atoms with E-state index in [1.54, 1.807) is 12.1 Å². The Labute approximate surface area is 117 Å². The highest BCUT2D eigenvalue weighted by atomic mass is 32.2. The molecule has 8 nitrogen and oxygen atoms in total. The van der Waals surface area contributed by atoms with Gasteiger partial charge in [-0.3, -0.25) is 19.8 Å². The number of thioether (sulfide) groups is 1. The lowest BCUT2D eigenvalue weighted by Crippen LogP contribution is -2.28. The van der Waals surface area contributed by atoms with Crippen molar-refractivity contribution >= 4 is 29.3 Å². The number of aromatic amines is 1. The second kappa shape index (κ2) is 4.93. The summed E-state index contributed by atoms with van der Waals surface area (Å²) in [6.07, 6.45) is 1.33. The first-order valence-corrected chi connectivity index (χ1v) is 6.75. The molecule has 1 atom stereocenters. The molecule has 1 saturated heterocycles. The SMILES string of the molecule is O=C1CSC(c2ccc([N+](=O)[O-])cc2)N1c1ncn[nH]1. The number of amides is 1. The van der Waals surface area contributed by atoms with Crippen LogP contribution in [0.25, 0.3) is 0 Å². The van der Waals surface area contributed by atoms with Crippen LogP contribution in [-0.2, 0) is 4.79 Å². The molecule has 0 spiro atoms. The number of nitrogens with one attached hydrogen (secondary N) is 1. The average Bonchev–Trinajstić information content (AvgIpc) is 3.07. The molecule has 0 saturated carbocycles.